The highest BCUT2D eigenvalue weighted by Gasteiger charge is 2.31. The minimum absolute atomic E-state index is 0.0792. The van der Waals surface area contributed by atoms with Crippen LogP contribution in [0.5, 0.6) is 0 Å². The molecule has 2 aromatic carbocycles. The molecule has 0 aromatic heterocycles. The van der Waals surface area contributed by atoms with E-state index in [4.69, 9.17) is 0 Å². The molecule has 118 valence electrons. The average molecular weight is 307 g/mol. The third-order valence-electron chi connectivity index (χ3n) is 4.75. The Bertz CT molecular complexity index is 708. The summed E-state index contributed by atoms with van der Waals surface area (Å²) in [4.78, 5) is 14.8. The maximum atomic E-state index is 12.4. The highest BCUT2D eigenvalue weighted by atomic mass is 16.2. The van der Waals surface area contributed by atoms with Gasteiger partial charge in [-0.2, -0.15) is 0 Å². The van der Waals surface area contributed by atoms with Crippen LogP contribution in [0.25, 0.3) is 0 Å². The molecular formula is C19H21N3O. The number of carbonyl (C=O) groups is 1. The molecule has 1 atom stereocenters. The predicted molar refractivity (Wildman–Crippen MR) is 93.0 cm³/mol. The number of carbonyl (C=O) groups excluding carboxylic acids is 1. The van der Waals surface area contributed by atoms with Crippen LogP contribution >= 0.6 is 0 Å². The van der Waals surface area contributed by atoms with Crippen molar-refractivity contribution in [3.8, 4) is 0 Å². The van der Waals surface area contributed by atoms with Crippen molar-refractivity contribution in [1.29, 1.82) is 0 Å². The van der Waals surface area contributed by atoms with Gasteiger partial charge in [0, 0.05) is 37.6 Å². The Labute approximate surface area is 136 Å². The standard InChI is InChI=1S/C19H21N3O/c23-19-17(12-14-4-2-1-3-5-14)16-7-6-15(13-18(16)21-19)22-10-8-20-9-11-22/h1-7,13,17,20H,8-12H2,(H,21,23). The number of hydrogen-bond donors (Lipinski definition) is 2. The maximum Gasteiger partial charge on any atom is 0.232 e. The third-order valence-corrected chi connectivity index (χ3v) is 4.75. The van der Waals surface area contributed by atoms with Crippen molar-refractivity contribution >= 4 is 17.3 Å². The number of nitrogens with zero attached hydrogens (tertiary/aromatic N) is 1. The lowest BCUT2D eigenvalue weighted by Gasteiger charge is -2.29. The number of piperazine rings is 1. The molecule has 2 aliphatic rings. The van der Waals surface area contributed by atoms with E-state index in [1.165, 1.54) is 11.3 Å². The van der Waals surface area contributed by atoms with E-state index in [1.54, 1.807) is 0 Å². The lowest BCUT2D eigenvalue weighted by Crippen LogP contribution is -2.43. The number of nitrogens with one attached hydrogen (secondary N) is 2. The Hall–Kier alpha value is -2.33. The van der Waals surface area contributed by atoms with Gasteiger partial charge in [-0.3, -0.25) is 4.79 Å². The molecule has 2 aromatic rings. The third kappa shape index (κ3) is 2.82. The van der Waals surface area contributed by atoms with E-state index in [1.807, 2.05) is 18.2 Å². The summed E-state index contributed by atoms with van der Waals surface area (Å²) in [5.41, 5.74) is 4.50. The van der Waals surface area contributed by atoms with Crippen LogP contribution in [-0.4, -0.2) is 32.1 Å². The smallest absolute Gasteiger partial charge is 0.232 e. The molecule has 4 rings (SSSR count). The van der Waals surface area contributed by atoms with E-state index in [-0.39, 0.29) is 11.8 Å². The maximum absolute atomic E-state index is 12.4. The van der Waals surface area contributed by atoms with Crippen molar-refractivity contribution in [3.63, 3.8) is 0 Å². The van der Waals surface area contributed by atoms with Crippen LogP contribution in [0.4, 0.5) is 11.4 Å². The summed E-state index contributed by atoms with van der Waals surface area (Å²) in [6, 6.07) is 16.6. The van der Waals surface area contributed by atoms with Crippen LogP contribution in [0.15, 0.2) is 48.5 Å². The Morgan fingerprint density at radius 3 is 2.61 bits per heavy atom. The summed E-state index contributed by atoms with van der Waals surface area (Å²) in [5, 5.41) is 6.43. The Balaban J connectivity index is 1.58. The molecule has 1 saturated heterocycles. The first-order chi connectivity index (χ1) is 11.3. The van der Waals surface area contributed by atoms with Crippen molar-refractivity contribution in [1.82, 2.24) is 5.32 Å². The van der Waals surface area contributed by atoms with Gasteiger partial charge in [0.05, 0.1) is 5.92 Å². The minimum atomic E-state index is -0.0792. The molecule has 0 bridgehead atoms. The van der Waals surface area contributed by atoms with Gasteiger partial charge < -0.3 is 15.5 Å². The van der Waals surface area contributed by atoms with Crippen molar-refractivity contribution in [2.75, 3.05) is 36.4 Å². The molecule has 0 spiro atoms. The normalized spacial score (nSPS) is 20.3. The fourth-order valence-electron chi connectivity index (χ4n) is 3.49. The molecule has 4 nitrogen and oxygen atoms in total. The number of hydrogen-bond acceptors (Lipinski definition) is 3. The van der Waals surface area contributed by atoms with Crippen LogP contribution in [-0.2, 0) is 11.2 Å². The molecular weight excluding hydrogens is 286 g/mol. The molecule has 0 radical (unpaired) electrons. The van der Waals surface area contributed by atoms with E-state index < -0.39 is 0 Å². The van der Waals surface area contributed by atoms with Crippen LogP contribution in [0, 0.1) is 0 Å². The second kappa shape index (κ2) is 6.05. The molecule has 1 amide bonds. The molecule has 0 saturated carbocycles. The zero-order valence-corrected chi connectivity index (χ0v) is 13.1. The topological polar surface area (TPSA) is 44.4 Å². The second-order valence-corrected chi connectivity index (χ2v) is 6.24. The highest BCUT2D eigenvalue weighted by Crippen LogP contribution is 2.37. The van der Waals surface area contributed by atoms with E-state index in [9.17, 15) is 4.79 Å². The molecule has 0 aliphatic carbocycles. The molecule has 1 fully saturated rings. The van der Waals surface area contributed by atoms with Gasteiger partial charge in [-0.25, -0.2) is 0 Å². The van der Waals surface area contributed by atoms with Crippen molar-refractivity contribution in [2.45, 2.75) is 12.3 Å². The van der Waals surface area contributed by atoms with Crippen LogP contribution in [0.1, 0.15) is 17.0 Å². The average Bonchev–Trinajstić information content (AvgIpc) is 2.91. The van der Waals surface area contributed by atoms with Gasteiger partial charge >= 0.3 is 0 Å². The lowest BCUT2D eigenvalue weighted by atomic mass is 9.93. The number of fused-ring (bicyclic) bond motifs is 1. The van der Waals surface area contributed by atoms with Crippen molar-refractivity contribution in [3.05, 3.63) is 59.7 Å². The highest BCUT2D eigenvalue weighted by molar-refractivity contribution is 6.03. The summed E-state index contributed by atoms with van der Waals surface area (Å²) >= 11 is 0. The van der Waals surface area contributed by atoms with Gasteiger partial charge in [-0.15, -0.1) is 0 Å². The zero-order valence-electron chi connectivity index (χ0n) is 13.1. The largest absolute Gasteiger partial charge is 0.369 e. The van der Waals surface area contributed by atoms with E-state index >= 15 is 0 Å². The van der Waals surface area contributed by atoms with Crippen LogP contribution < -0.4 is 15.5 Å². The quantitative estimate of drug-likeness (QED) is 0.915. The second-order valence-electron chi connectivity index (χ2n) is 6.24. The van der Waals surface area contributed by atoms with Gasteiger partial charge in [-0.1, -0.05) is 36.4 Å². The number of anilines is 2. The van der Waals surface area contributed by atoms with E-state index in [2.05, 4.69) is 45.9 Å². The minimum Gasteiger partial charge on any atom is -0.369 e. The van der Waals surface area contributed by atoms with Gasteiger partial charge in [0.25, 0.3) is 0 Å². The Kier molecular flexibility index (Phi) is 3.75. The fraction of sp³-hybridized carbons (Fsp3) is 0.316. The Morgan fingerprint density at radius 2 is 1.83 bits per heavy atom. The summed E-state index contributed by atoms with van der Waals surface area (Å²) in [7, 11) is 0. The molecule has 23 heavy (non-hydrogen) atoms. The fourth-order valence-corrected chi connectivity index (χ4v) is 3.49. The number of amides is 1. The van der Waals surface area contributed by atoms with Gasteiger partial charge in [0.2, 0.25) is 5.91 Å². The summed E-state index contributed by atoms with van der Waals surface area (Å²) in [6.45, 7) is 4.06. The first-order valence-corrected chi connectivity index (χ1v) is 8.26. The molecule has 2 heterocycles. The van der Waals surface area contributed by atoms with Gasteiger partial charge in [-0.05, 0) is 29.7 Å². The van der Waals surface area contributed by atoms with Crippen molar-refractivity contribution < 1.29 is 4.79 Å². The van der Waals surface area contributed by atoms with E-state index in [0.29, 0.717) is 0 Å². The predicted octanol–water partition coefficient (Wildman–Crippen LogP) is 2.37. The van der Waals surface area contributed by atoms with Crippen LogP contribution in [0.3, 0.4) is 0 Å². The molecule has 1 unspecified atom stereocenters. The van der Waals surface area contributed by atoms with Crippen LogP contribution in [0.2, 0.25) is 0 Å². The Morgan fingerprint density at radius 1 is 1.04 bits per heavy atom. The van der Waals surface area contributed by atoms with Gasteiger partial charge in [0.15, 0.2) is 0 Å². The molecule has 2 N–H and O–H groups in total. The summed E-state index contributed by atoms with van der Waals surface area (Å²) < 4.78 is 0. The molecule has 2 aliphatic heterocycles. The monoisotopic (exact) mass is 307 g/mol. The first-order valence-electron chi connectivity index (χ1n) is 8.26. The van der Waals surface area contributed by atoms with Gasteiger partial charge in [0.1, 0.15) is 0 Å². The summed E-state index contributed by atoms with van der Waals surface area (Å²) in [5.74, 6) is 0.0331. The summed E-state index contributed by atoms with van der Waals surface area (Å²) in [6.07, 6.45) is 0.757. The lowest BCUT2D eigenvalue weighted by molar-refractivity contribution is -0.117. The number of benzene rings is 2. The number of rotatable bonds is 3. The van der Waals surface area contributed by atoms with Crippen molar-refractivity contribution in [2.24, 2.45) is 0 Å². The SMILES string of the molecule is O=C1Nc2cc(N3CCNCC3)ccc2C1Cc1ccccc1. The zero-order chi connectivity index (χ0) is 15.6. The first kappa shape index (κ1) is 14.3. The molecule has 4 heteroatoms. The van der Waals surface area contributed by atoms with E-state index in [0.717, 1.165) is 43.9 Å².